The summed E-state index contributed by atoms with van der Waals surface area (Å²) < 4.78 is 10.2. The van der Waals surface area contributed by atoms with Crippen LogP contribution >= 0.6 is 0 Å². The first-order valence-corrected chi connectivity index (χ1v) is 7.41. The highest BCUT2D eigenvalue weighted by Gasteiger charge is 2.17. The van der Waals surface area contributed by atoms with E-state index in [-0.39, 0.29) is 0 Å². The molecule has 0 bridgehead atoms. The van der Waals surface area contributed by atoms with Gasteiger partial charge in [0, 0.05) is 5.56 Å². The lowest BCUT2D eigenvalue weighted by molar-refractivity contribution is -0.136. The molecule has 0 spiro atoms. The highest BCUT2D eigenvalue weighted by atomic mass is 16.5. The van der Waals surface area contributed by atoms with Crippen LogP contribution in [0.25, 0.3) is 5.70 Å². The second-order valence-corrected chi connectivity index (χ2v) is 5.07. The van der Waals surface area contributed by atoms with Gasteiger partial charge in [0.25, 0.3) is 0 Å². The molecular weight excluding hydrogens is 290 g/mol. The molecule has 23 heavy (non-hydrogen) atoms. The third-order valence-electron chi connectivity index (χ3n) is 3.66. The number of aryl methyl sites for hydroxylation is 1. The molecule has 120 valence electrons. The lowest BCUT2D eigenvalue weighted by atomic mass is 9.99. The van der Waals surface area contributed by atoms with Crippen molar-refractivity contribution in [2.24, 2.45) is 5.73 Å². The molecule has 0 amide bonds. The number of rotatable bonds is 6. The fraction of sp³-hybridized carbons (Fsp3) is 0.211. The Kier molecular flexibility index (Phi) is 5.80. The molecule has 0 aliphatic rings. The van der Waals surface area contributed by atoms with Crippen molar-refractivity contribution in [3.63, 3.8) is 0 Å². The van der Waals surface area contributed by atoms with Crippen LogP contribution in [0.2, 0.25) is 0 Å². The first-order chi connectivity index (χ1) is 11.2. The highest BCUT2D eigenvalue weighted by molar-refractivity contribution is 5.97. The number of ether oxygens (including phenoxy) is 2. The van der Waals surface area contributed by atoms with Gasteiger partial charge in [-0.1, -0.05) is 42.5 Å². The van der Waals surface area contributed by atoms with Gasteiger partial charge in [-0.3, -0.25) is 0 Å². The van der Waals surface area contributed by atoms with E-state index < -0.39 is 5.97 Å². The number of para-hydroxylation sites is 1. The van der Waals surface area contributed by atoms with Crippen molar-refractivity contribution in [3.05, 3.63) is 71.3 Å². The maximum atomic E-state index is 12.1. The maximum Gasteiger partial charge on any atom is 0.335 e. The van der Waals surface area contributed by atoms with Crippen molar-refractivity contribution < 1.29 is 14.3 Å². The van der Waals surface area contributed by atoms with Crippen molar-refractivity contribution in [2.45, 2.75) is 12.8 Å². The Labute approximate surface area is 136 Å². The molecular formula is C19H21NO3. The first kappa shape index (κ1) is 16.6. The van der Waals surface area contributed by atoms with E-state index in [2.05, 4.69) is 0 Å². The van der Waals surface area contributed by atoms with Gasteiger partial charge in [-0.2, -0.15) is 0 Å². The summed E-state index contributed by atoms with van der Waals surface area (Å²) >= 11 is 0. The number of hydrogen-bond donors (Lipinski definition) is 1. The molecule has 2 aromatic carbocycles. The normalized spacial score (nSPS) is 11.6. The van der Waals surface area contributed by atoms with Gasteiger partial charge in [0.15, 0.2) is 0 Å². The van der Waals surface area contributed by atoms with E-state index in [1.54, 1.807) is 7.11 Å². The smallest absolute Gasteiger partial charge is 0.335 e. The van der Waals surface area contributed by atoms with Gasteiger partial charge in [0.2, 0.25) is 0 Å². The van der Waals surface area contributed by atoms with E-state index in [0.29, 0.717) is 35.4 Å². The molecule has 0 aromatic heterocycles. The molecule has 2 aromatic rings. The predicted octanol–water partition coefficient (Wildman–Crippen LogP) is 3.17. The third kappa shape index (κ3) is 4.13. The van der Waals surface area contributed by atoms with Gasteiger partial charge in [-0.15, -0.1) is 0 Å². The molecule has 0 heterocycles. The molecule has 0 aliphatic heterocycles. The number of hydrogen-bond acceptors (Lipinski definition) is 4. The molecule has 2 N–H and O–H groups in total. The molecule has 0 saturated carbocycles. The lowest BCUT2D eigenvalue weighted by Gasteiger charge is -2.13. The van der Waals surface area contributed by atoms with Crippen LogP contribution in [-0.2, 0) is 16.0 Å². The Hall–Kier alpha value is -2.75. The fourth-order valence-corrected chi connectivity index (χ4v) is 2.41. The maximum absolute atomic E-state index is 12.1. The molecule has 0 unspecified atom stereocenters. The Bertz CT molecular complexity index is 693. The highest BCUT2D eigenvalue weighted by Crippen LogP contribution is 2.27. The zero-order valence-electron chi connectivity index (χ0n) is 13.4. The molecule has 0 radical (unpaired) electrons. The van der Waals surface area contributed by atoms with Crippen LogP contribution < -0.4 is 10.5 Å². The van der Waals surface area contributed by atoms with Crippen molar-refractivity contribution in [3.8, 4) is 5.75 Å². The number of esters is 1. The van der Waals surface area contributed by atoms with Crippen LogP contribution in [0.1, 0.15) is 17.5 Å². The van der Waals surface area contributed by atoms with Crippen molar-refractivity contribution >= 4 is 11.7 Å². The van der Waals surface area contributed by atoms with Gasteiger partial charge in [0.1, 0.15) is 5.75 Å². The minimum atomic E-state index is -0.413. The molecule has 4 nitrogen and oxygen atoms in total. The average Bonchev–Trinajstić information content (AvgIpc) is 2.62. The minimum absolute atomic E-state index is 0.394. The van der Waals surface area contributed by atoms with Crippen molar-refractivity contribution in [2.75, 3.05) is 14.2 Å². The minimum Gasteiger partial charge on any atom is -0.496 e. The second-order valence-electron chi connectivity index (χ2n) is 5.07. The summed E-state index contributed by atoms with van der Waals surface area (Å²) in [5, 5.41) is 0. The van der Waals surface area contributed by atoms with Crippen LogP contribution in [0.5, 0.6) is 5.75 Å². The molecule has 4 heteroatoms. The van der Waals surface area contributed by atoms with Crippen LogP contribution in [0, 0.1) is 0 Å². The molecule has 0 saturated heterocycles. The zero-order chi connectivity index (χ0) is 16.7. The van der Waals surface area contributed by atoms with Crippen molar-refractivity contribution in [1.29, 1.82) is 0 Å². The summed E-state index contributed by atoms with van der Waals surface area (Å²) in [7, 11) is 2.94. The number of carbonyl (C=O) groups is 1. The average molecular weight is 311 g/mol. The van der Waals surface area contributed by atoms with E-state index in [4.69, 9.17) is 15.2 Å². The van der Waals surface area contributed by atoms with E-state index in [9.17, 15) is 4.79 Å². The van der Waals surface area contributed by atoms with E-state index in [1.807, 2.05) is 54.6 Å². The standard InChI is InChI=1S/C19H21NO3/c1-22-17-11-7-6-10-15(17)18(20)16(19(21)23-2)13-12-14-8-4-3-5-9-14/h3-11H,12-13,20H2,1-2H3/b18-16-. The SMILES string of the molecule is COC(=O)/C(CCc1ccccc1)=C(\N)c1ccccc1OC. The Morgan fingerprint density at radius 2 is 1.65 bits per heavy atom. The number of methoxy groups -OCH3 is 2. The largest absolute Gasteiger partial charge is 0.496 e. The van der Waals surface area contributed by atoms with Crippen LogP contribution in [0.4, 0.5) is 0 Å². The lowest BCUT2D eigenvalue weighted by Crippen LogP contribution is -2.13. The molecule has 0 fully saturated rings. The second kappa shape index (κ2) is 8.03. The van der Waals surface area contributed by atoms with Crippen LogP contribution in [-0.4, -0.2) is 20.2 Å². The van der Waals surface area contributed by atoms with Gasteiger partial charge < -0.3 is 15.2 Å². The zero-order valence-corrected chi connectivity index (χ0v) is 13.4. The van der Waals surface area contributed by atoms with E-state index in [1.165, 1.54) is 7.11 Å². The number of nitrogens with two attached hydrogens (primary N) is 1. The van der Waals surface area contributed by atoms with Crippen molar-refractivity contribution in [1.82, 2.24) is 0 Å². The van der Waals surface area contributed by atoms with Gasteiger partial charge in [-0.25, -0.2) is 4.79 Å². The van der Waals surface area contributed by atoms with Gasteiger partial charge in [0.05, 0.1) is 25.5 Å². The number of carbonyl (C=O) groups excluding carboxylic acids is 1. The van der Waals surface area contributed by atoms with Gasteiger partial charge in [-0.05, 0) is 30.5 Å². The molecule has 2 rings (SSSR count). The van der Waals surface area contributed by atoms with E-state index >= 15 is 0 Å². The van der Waals surface area contributed by atoms with Gasteiger partial charge >= 0.3 is 5.97 Å². The van der Waals surface area contributed by atoms with E-state index in [0.717, 1.165) is 5.56 Å². The fourth-order valence-electron chi connectivity index (χ4n) is 2.41. The third-order valence-corrected chi connectivity index (χ3v) is 3.66. The summed E-state index contributed by atoms with van der Waals surface area (Å²) in [5.41, 5.74) is 8.95. The summed E-state index contributed by atoms with van der Waals surface area (Å²) in [4.78, 5) is 12.1. The summed E-state index contributed by atoms with van der Waals surface area (Å²) in [6.07, 6.45) is 1.21. The Balaban J connectivity index is 2.34. The topological polar surface area (TPSA) is 61.5 Å². The molecule has 0 aliphatic carbocycles. The first-order valence-electron chi connectivity index (χ1n) is 7.41. The molecule has 0 atom stereocenters. The summed E-state index contributed by atoms with van der Waals surface area (Å²) in [6, 6.07) is 17.3. The predicted molar refractivity (Wildman–Crippen MR) is 90.9 cm³/mol. The summed E-state index contributed by atoms with van der Waals surface area (Å²) in [5.74, 6) is 0.218. The quantitative estimate of drug-likeness (QED) is 0.657. The van der Waals surface area contributed by atoms with Crippen LogP contribution in [0.3, 0.4) is 0 Å². The Morgan fingerprint density at radius 3 is 2.30 bits per heavy atom. The summed E-state index contributed by atoms with van der Waals surface area (Å²) in [6.45, 7) is 0. The van der Waals surface area contributed by atoms with Crippen LogP contribution in [0.15, 0.2) is 60.2 Å². The monoisotopic (exact) mass is 311 g/mol. The Morgan fingerprint density at radius 1 is 1.00 bits per heavy atom. The number of benzene rings is 2.